The quantitative estimate of drug-likeness (QED) is 0.331. The monoisotopic (exact) mass is 436 g/mol. The number of ether oxygens (including phenoxy) is 2. The van der Waals surface area contributed by atoms with Gasteiger partial charge in [-0.25, -0.2) is 9.97 Å². The second kappa shape index (κ2) is 9.43. The maximum atomic E-state index is 12.4. The largest absolute Gasteiger partial charge is 0.497 e. The number of carbonyl (C=O) groups is 1. The topological polar surface area (TPSA) is 104 Å². The highest BCUT2D eigenvalue weighted by Crippen LogP contribution is 2.25. The van der Waals surface area contributed by atoms with E-state index in [0.29, 0.717) is 28.5 Å². The highest BCUT2D eigenvalue weighted by Gasteiger charge is 2.15. The van der Waals surface area contributed by atoms with E-state index in [2.05, 4.69) is 25.6 Å². The number of amides is 1. The van der Waals surface area contributed by atoms with Crippen molar-refractivity contribution < 1.29 is 14.3 Å². The molecule has 4 rings (SSSR count). The molecule has 0 aliphatic heterocycles. The number of rotatable bonds is 8. The zero-order valence-electron chi connectivity index (χ0n) is 17.0. The average Bonchev–Trinajstić information content (AvgIpc) is 3.24. The maximum absolute atomic E-state index is 12.4. The Kier molecular flexibility index (Phi) is 6.27. The zero-order valence-corrected chi connectivity index (χ0v) is 17.8. The van der Waals surface area contributed by atoms with E-state index in [9.17, 15) is 4.79 Å². The summed E-state index contributed by atoms with van der Waals surface area (Å²) in [7, 11) is 1.61. The van der Waals surface area contributed by atoms with Crippen LogP contribution >= 0.6 is 11.8 Å². The number of thioether (sulfide) groups is 1. The van der Waals surface area contributed by atoms with Gasteiger partial charge in [-0.15, -0.1) is 5.10 Å². The van der Waals surface area contributed by atoms with Gasteiger partial charge in [-0.1, -0.05) is 17.0 Å². The molecule has 4 aromatic rings. The fourth-order valence-corrected chi connectivity index (χ4v) is 3.59. The van der Waals surface area contributed by atoms with Crippen molar-refractivity contribution in [2.75, 3.05) is 24.8 Å². The number of hydrogen-bond donors (Lipinski definition) is 1. The van der Waals surface area contributed by atoms with Crippen LogP contribution in [0.15, 0.2) is 59.9 Å². The molecule has 0 saturated carbocycles. The molecule has 31 heavy (non-hydrogen) atoms. The third kappa shape index (κ3) is 4.75. The third-order valence-electron chi connectivity index (χ3n) is 4.31. The molecule has 9 nitrogen and oxygen atoms in total. The first-order valence-electron chi connectivity index (χ1n) is 9.54. The summed E-state index contributed by atoms with van der Waals surface area (Å²) in [6, 6.07) is 14.7. The van der Waals surface area contributed by atoms with E-state index in [0.717, 1.165) is 17.2 Å². The van der Waals surface area contributed by atoms with Crippen LogP contribution < -0.4 is 14.8 Å². The van der Waals surface area contributed by atoms with Crippen LogP contribution in [0.4, 0.5) is 5.69 Å². The molecule has 2 heterocycles. The summed E-state index contributed by atoms with van der Waals surface area (Å²) in [5, 5.41) is 11.9. The molecule has 0 fully saturated rings. The summed E-state index contributed by atoms with van der Waals surface area (Å²) < 4.78 is 12.2. The first-order chi connectivity index (χ1) is 15.2. The first-order valence-corrected chi connectivity index (χ1v) is 10.5. The lowest BCUT2D eigenvalue weighted by molar-refractivity contribution is -0.113. The minimum absolute atomic E-state index is 0.150. The molecule has 0 radical (unpaired) electrons. The summed E-state index contributed by atoms with van der Waals surface area (Å²) in [6.45, 7) is 2.52. The zero-order chi connectivity index (χ0) is 21.6. The second-order valence-electron chi connectivity index (χ2n) is 6.34. The van der Waals surface area contributed by atoms with E-state index in [1.54, 1.807) is 23.9 Å². The van der Waals surface area contributed by atoms with Gasteiger partial charge in [0.2, 0.25) is 5.91 Å². The minimum atomic E-state index is -0.150. The summed E-state index contributed by atoms with van der Waals surface area (Å²) in [6.07, 6.45) is 1.44. The molecule has 0 aliphatic carbocycles. The molecule has 0 spiro atoms. The van der Waals surface area contributed by atoms with Gasteiger partial charge in [0.05, 0.1) is 25.2 Å². The number of fused-ring (bicyclic) bond motifs is 1. The van der Waals surface area contributed by atoms with Crippen LogP contribution in [0.5, 0.6) is 11.5 Å². The maximum Gasteiger partial charge on any atom is 0.234 e. The van der Waals surface area contributed by atoms with Crippen LogP contribution in [0, 0.1) is 0 Å². The van der Waals surface area contributed by atoms with Crippen LogP contribution in [0.2, 0.25) is 0 Å². The third-order valence-corrected chi connectivity index (χ3v) is 5.29. The van der Waals surface area contributed by atoms with Gasteiger partial charge in [0.1, 0.15) is 22.9 Å². The number of hydrogen-bond acceptors (Lipinski definition) is 8. The van der Waals surface area contributed by atoms with Crippen molar-refractivity contribution in [3.63, 3.8) is 0 Å². The molecule has 0 bridgehead atoms. The van der Waals surface area contributed by atoms with Crippen molar-refractivity contribution in [1.29, 1.82) is 0 Å². The lowest BCUT2D eigenvalue weighted by Gasteiger charge is -2.07. The lowest BCUT2D eigenvalue weighted by atomic mass is 10.3. The van der Waals surface area contributed by atoms with Gasteiger partial charge in [0.25, 0.3) is 0 Å². The molecule has 2 aromatic carbocycles. The minimum Gasteiger partial charge on any atom is -0.497 e. The normalized spacial score (nSPS) is 10.8. The van der Waals surface area contributed by atoms with Crippen molar-refractivity contribution in [2.24, 2.45) is 0 Å². The van der Waals surface area contributed by atoms with E-state index in [-0.39, 0.29) is 11.7 Å². The Morgan fingerprint density at radius 2 is 1.81 bits per heavy atom. The molecular weight excluding hydrogens is 416 g/mol. The first kappa shape index (κ1) is 20.6. The standard InChI is InChI=1S/C21H20N6O3S/c1-3-30-17-8-4-14(5-9-17)24-18(28)12-31-21-19-20(22-13-23-21)27(26-25-19)15-6-10-16(29-2)11-7-15/h4-11,13H,3,12H2,1-2H3,(H,24,28). The van der Waals surface area contributed by atoms with Gasteiger partial charge in [-0.05, 0) is 55.5 Å². The van der Waals surface area contributed by atoms with Crippen molar-refractivity contribution in [2.45, 2.75) is 11.9 Å². The molecule has 10 heteroatoms. The Hall–Kier alpha value is -3.66. The fourth-order valence-electron chi connectivity index (χ4n) is 2.86. The number of nitrogens with zero attached hydrogens (tertiary/aromatic N) is 5. The molecular formula is C21H20N6O3S. The Balaban J connectivity index is 1.45. The number of carbonyl (C=O) groups excluding carboxylic acids is 1. The van der Waals surface area contributed by atoms with Gasteiger partial charge >= 0.3 is 0 Å². The van der Waals surface area contributed by atoms with E-state index in [1.165, 1.54) is 18.1 Å². The Bertz CT molecular complexity index is 1180. The number of nitrogens with one attached hydrogen (secondary N) is 1. The molecule has 0 aliphatic rings. The van der Waals surface area contributed by atoms with E-state index >= 15 is 0 Å². The summed E-state index contributed by atoms with van der Waals surface area (Å²) in [4.78, 5) is 20.9. The van der Waals surface area contributed by atoms with Crippen molar-refractivity contribution >= 4 is 34.5 Å². The summed E-state index contributed by atoms with van der Waals surface area (Å²) in [5.41, 5.74) is 2.60. The second-order valence-corrected chi connectivity index (χ2v) is 7.31. The van der Waals surface area contributed by atoms with Crippen LogP contribution in [0.25, 0.3) is 16.9 Å². The number of methoxy groups -OCH3 is 1. The molecule has 0 atom stereocenters. The molecule has 2 aromatic heterocycles. The van der Waals surface area contributed by atoms with E-state index in [1.807, 2.05) is 43.3 Å². The van der Waals surface area contributed by atoms with Crippen molar-refractivity contribution in [1.82, 2.24) is 25.0 Å². The van der Waals surface area contributed by atoms with E-state index < -0.39 is 0 Å². The Morgan fingerprint density at radius 3 is 2.52 bits per heavy atom. The van der Waals surface area contributed by atoms with Gasteiger partial charge in [-0.3, -0.25) is 4.79 Å². The number of benzene rings is 2. The van der Waals surface area contributed by atoms with Crippen molar-refractivity contribution in [3.05, 3.63) is 54.9 Å². The van der Waals surface area contributed by atoms with Gasteiger partial charge < -0.3 is 14.8 Å². The van der Waals surface area contributed by atoms with E-state index in [4.69, 9.17) is 9.47 Å². The van der Waals surface area contributed by atoms with Crippen LogP contribution in [0.1, 0.15) is 6.92 Å². The van der Waals surface area contributed by atoms with Gasteiger partial charge in [-0.2, -0.15) is 4.68 Å². The number of anilines is 1. The average molecular weight is 436 g/mol. The molecule has 1 N–H and O–H groups in total. The molecule has 1 amide bonds. The summed E-state index contributed by atoms with van der Waals surface area (Å²) in [5.74, 6) is 1.54. The fraction of sp³-hybridized carbons (Fsp3) is 0.190. The van der Waals surface area contributed by atoms with Crippen LogP contribution in [-0.4, -0.2) is 50.3 Å². The summed E-state index contributed by atoms with van der Waals surface area (Å²) >= 11 is 1.28. The molecule has 0 unspecified atom stereocenters. The molecule has 0 saturated heterocycles. The van der Waals surface area contributed by atoms with Gasteiger partial charge in [0.15, 0.2) is 11.2 Å². The SMILES string of the molecule is CCOc1ccc(NC(=O)CSc2ncnc3c2nnn3-c2ccc(OC)cc2)cc1. The predicted molar refractivity (Wildman–Crippen MR) is 118 cm³/mol. The van der Waals surface area contributed by atoms with Crippen molar-refractivity contribution in [3.8, 4) is 17.2 Å². The Morgan fingerprint density at radius 1 is 1.06 bits per heavy atom. The smallest absolute Gasteiger partial charge is 0.234 e. The predicted octanol–water partition coefficient (Wildman–Crippen LogP) is 3.35. The lowest BCUT2D eigenvalue weighted by Crippen LogP contribution is -2.14. The Labute approximate surface area is 182 Å². The highest BCUT2D eigenvalue weighted by atomic mass is 32.2. The highest BCUT2D eigenvalue weighted by molar-refractivity contribution is 8.00. The molecule has 158 valence electrons. The van der Waals surface area contributed by atoms with Crippen LogP contribution in [0.3, 0.4) is 0 Å². The van der Waals surface area contributed by atoms with Crippen LogP contribution in [-0.2, 0) is 4.79 Å². The number of aromatic nitrogens is 5. The van der Waals surface area contributed by atoms with Gasteiger partial charge in [0, 0.05) is 5.69 Å².